The summed E-state index contributed by atoms with van der Waals surface area (Å²) in [6.45, 7) is 0.815. The van der Waals surface area contributed by atoms with Gasteiger partial charge >= 0.3 is 0 Å². The Morgan fingerprint density at radius 1 is 1.22 bits per heavy atom. The van der Waals surface area contributed by atoms with Crippen molar-refractivity contribution in [2.75, 3.05) is 6.54 Å². The molecule has 18 heavy (non-hydrogen) atoms. The molecule has 0 saturated heterocycles. The zero-order valence-corrected chi connectivity index (χ0v) is 9.84. The van der Waals surface area contributed by atoms with Crippen molar-refractivity contribution in [3.8, 4) is 11.8 Å². The molecule has 0 spiro atoms. The van der Waals surface area contributed by atoms with E-state index in [4.69, 9.17) is 5.73 Å². The number of benzene rings is 1. The fourth-order valence-corrected chi connectivity index (χ4v) is 1.53. The lowest BCUT2D eigenvalue weighted by atomic mass is 10.1. The van der Waals surface area contributed by atoms with E-state index in [1.807, 2.05) is 24.3 Å². The van der Waals surface area contributed by atoms with Gasteiger partial charge in [0.15, 0.2) is 0 Å². The smallest absolute Gasteiger partial charge is 0.267 e. The molecule has 0 saturated carbocycles. The van der Waals surface area contributed by atoms with Crippen LogP contribution in [0.15, 0.2) is 47.4 Å². The van der Waals surface area contributed by atoms with Gasteiger partial charge in [-0.25, -0.2) is 4.68 Å². The van der Waals surface area contributed by atoms with Crippen LogP contribution in [0.3, 0.4) is 0 Å². The number of hydrogen-bond donors (Lipinski definition) is 1. The Morgan fingerprint density at radius 2 is 2.00 bits per heavy atom. The molecule has 1 heterocycles. The predicted molar refractivity (Wildman–Crippen MR) is 70.0 cm³/mol. The van der Waals surface area contributed by atoms with Crippen molar-refractivity contribution in [2.24, 2.45) is 5.73 Å². The summed E-state index contributed by atoms with van der Waals surface area (Å²) in [6, 6.07) is 10.8. The van der Waals surface area contributed by atoms with Crippen LogP contribution in [0.4, 0.5) is 0 Å². The molecule has 0 aliphatic rings. The highest BCUT2D eigenvalue weighted by Gasteiger charge is 1.97. The number of nitrogens with two attached hydrogens (primary N) is 1. The van der Waals surface area contributed by atoms with Gasteiger partial charge in [-0.15, -0.1) is 0 Å². The van der Waals surface area contributed by atoms with E-state index in [9.17, 15) is 4.79 Å². The third kappa shape index (κ3) is 3.06. The molecule has 4 nitrogen and oxygen atoms in total. The van der Waals surface area contributed by atoms with E-state index in [1.165, 1.54) is 10.7 Å². The van der Waals surface area contributed by atoms with Crippen LogP contribution < -0.4 is 11.3 Å². The molecule has 0 aliphatic carbocycles. The summed E-state index contributed by atoms with van der Waals surface area (Å²) in [4.78, 5) is 11.5. The zero-order chi connectivity index (χ0) is 12.8. The van der Waals surface area contributed by atoms with Gasteiger partial charge < -0.3 is 5.73 Å². The first-order chi connectivity index (χ1) is 8.79. The van der Waals surface area contributed by atoms with Gasteiger partial charge in [0.05, 0.1) is 13.1 Å². The van der Waals surface area contributed by atoms with Crippen molar-refractivity contribution >= 4 is 0 Å². The van der Waals surface area contributed by atoms with Crippen molar-refractivity contribution in [1.82, 2.24) is 9.78 Å². The molecule has 1 aromatic carbocycles. The minimum Gasteiger partial charge on any atom is -0.320 e. The van der Waals surface area contributed by atoms with E-state index in [2.05, 4.69) is 16.9 Å². The van der Waals surface area contributed by atoms with Crippen LogP contribution in [-0.2, 0) is 6.54 Å². The van der Waals surface area contributed by atoms with Gasteiger partial charge in [0.2, 0.25) is 0 Å². The van der Waals surface area contributed by atoms with E-state index in [0.717, 1.165) is 11.1 Å². The maximum Gasteiger partial charge on any atom is 0.267 e. The SMILES string of the molecule is NCC#Cc1ccc(Cn2ncccc2=O)cc1. The maximum absolute atomic E-state index is 11.5. The molecule has 0 aliphatic heterocycles. The van der Waals surface area contributed by atoms with E-state index < -0.39 is 0 Å². The minimum absolute atomic E-state index is 0.107. The lowest BCUT2D eigenvalue weighted by Crippen LogP contribution is -2.21. The molecular formula is C14H13N3O. The van der Waals surface area contributed by atoms with E-state index >= 15 is 0 Å². The fraction of sp³-hybridized carbons (Fsp3) is 0.143. The summed E-state index contributed by atoms with van der Waals surface area (Å²) >= 11 is 0. The van der Waals surface area contributed by atoms with Gasteiger partial charge in [0.25, 0.3) is 5.56 Å². The van der Waals surface area contributed by atoms with Gasteiger partial charge in [0.1, 0.15) is 0 Å². The quantitative estimate of drug-likeness (QED) is 0.781. The Bertz CT molecular complexity index is 632. The molecule has 2 N–H and O–H groups in total. The third-order valence-corrected chi connectivity index (χ3v) is 2.41. The second kappa shape index (κ2) is 5.80. The molecule has 90 valence electrons. The van der Waals surface area contributed by atoms with Crippen molar-refractivity contribution in [2.45, 2.75) is 6.54 Å². The summed E-state index contributed by atoms with van der Waals surface area (Å²) in [6.07, 6.45) is 1.60. The number of rotatable bonds is 2. The third-order valence-electron chi connectivity index (χ3n) is 2.41. The maximum atomic E-state index is 11.5. The van der Waals surface area contributed by atoms with E-state index in [-0.39, 0.29) is 5.56 Å². The van der Waals surface area contributed by atoms with Crippen molar-refractivity contribution in [1.29, 1.82) is 0 Å². The van der Waals surface area contributed by atoms with Gasteiger partial charge in [-0.3, -0.25) is 4.79 Å². The molecule has 0 amide bonds. The molecule has 2 aromatic rings. The summed E-state index contributed by atoms with van der Waals surface area (Å²) in [5, 5.41) is 4.01. The predicted octanol–water partition coefficient (Wildman–Crippen LogP) is 0.602. The first kappa shape index (κ1) is 12.1. The summed E-state index contributed by atoms with van der Waals surface area (Å²) in [7, 11) is 0. The standard InChI is InChI=1S/C14H13N3O/c15-9-1-3-12-5-7-13(8-6-12)11-17-14(18)4-2-10-16-17/h2,4-8,10H,9,11,15H2. The summed E-state index contributed by atoms with van der Waals surface area (Å²) < 4.78 is 1.42. The molecule has 2 rings (SSSR count). The minimum atomic E-state index is -0.107. The molecule has 1 aromatic heterocycles. The zero-order valence-electron chi connectivity index (χ0n) is 9.84. The van der Waals surface area contributed by atoms with Gasteiger partial charge in [-0.05, 0) is 23.8 Å². The fourth-order valence-electron chi connectivity index (χ4n) is 1.53. The molecule has 0 radical (unpaired) electrons. The molecule has 4 heteroatoms. The Morgan fingerprint density at radius 3 is 2.67 bits per heavy atom. The monoisotopic (exact) mass is 239 g/mol. The largest absolute Gasteiger partial charge is 0.320 e. The van der Waals surface area contributed by atoms with Crippen LogP contribution in [0.5, 0.6) is 0 Å². The Balaban J connectivity index is 2.16. The van der Waals surface area contributed by atoms with E-state index in [1.54, 1.807) is 12.3 Å². The van der Waals surface area contributed by atoms with Gasteiger partial charge in [-0.1, -0.05) is 24.0 Å². The van der Waals surface area contributed by atoms with Crippen molar-refractivity contribution in [3.05, 3.63) is 64.1 Å². The molecular weight excluding hydrogens is 226 g/mol. The van der Waals surface area contributed by atoms with Gasteiger partial charge in [-0.2, -0.15) is 5.10 Å². The van der Waals surface area contributed by atoms with Gasteiger partial charge in [0, 0.05) is 17.8 Å². The van der Waals surface area contributed by atoms with Crippen molar-refractivity contribution in [3.63, 3.8) is 0 Å². The molecule has 0 fully saturated rings. The highest BCUT2D eigenvalue weighted by molar-refractivity contribution is 5.36. The molecule has 0 atom stereocenters. The van der Waals surface area contributed by atoms with Crippen LogP contribution in [0, 0.1) is 11.8 Å². The van der Waals surface area contributed by atoms with Crippen molar-refractivity contribution < 1.29 is 0 Å². The normalized spacial score (nSPS) is 9.61. The summed E-state index contributed by atoms with van der Waals surface area (Å²) in [5.41, 5.74) is 7.12. The second-order valence-corrected chi connectivity index (χ2v) is 3.72. The highest BCUT2D eigenvalue weighted by Crippen LogP contribution is 2.03. The topological polar surface area (TPSA) is 60.9 Å². The lowest BCUT2D eigenvalue weighted by Gasteiger charge is -2.03. The number of aromatic nitrogens is 2. The van der Waals surface area contributed by atoms with Crippen LogP contribution in [0.2, 0.25) is 0 Å². The highest BCUT2D eigenvalue weighted by atomic mass is 16.1. The Hall–Kier alpha value is -2.38. The lowest BCUT2D eigenvalue weighted by molar-refractivity contribution is 0.639. The van der Waals surface area contributed by atoms with Crippen LogP contribution >= 0.6 is 0 Å². The molecule has 0 unspecified atom stereocenters. The van der Waals surface area contributed by atoms with Crippen LogP contribution in [-0.4, -0.2) is 16.3 Å². The van der Waals surface area contributed by atoms with Crippen LogP contribution in [0.25, 0.3) is 0 Å². The first-order valence-corrected chi connectivity index (χ1v) is 5.59. The Kier molecular flexibility index (Phi) is 3.90. The first-order valence-electron chi connectivity index (χ1n) is 5.59. The summed E-state index contributed by atoms with van der Waals surface area (Å²) in [5.74, 6) is 5.74. The Labute approximate surface area is 105 Å². The average molecular weight is 239 g/mol. The van der Waals surface area contributed by atoms with Crippen LogP contribution in [0.1, 0.15) is 11.1 Å². The average Bonchev–Trinajstić information content (AvgIpc) is 2.41. The second-order valence-electron chi connectivity index (χ2n) is 3.72. The van der Waals surface area contributed by atoms with E-state index in [0.29, 0.717) is 13.1 Å². The number of nitrogens with zero attached hydrogens (tertiary/aromatic N) is 2. The number of hydrogen-bond acceptors (Lipinski definition) is 3. The molecule has 0 bridgehead atoms.